The average Bonchev–Trinajstić information content (AvgIpc) is 2.43. The molecule has 0 saturated heterocycles. The van der Waals surface area contributed by atoms with E-state index in [2.05, 4.69) is 0 Å². The van der Waals surface area contributed by atoms with Gasteiger partial charge < -0.3 is 9.59 Å². The van der Waals surface area contributed by atoms with E-state index < -0.39 is 5.92 Å². The zero-order valence-electron chi connectivity index (χ0n) is 5.19. The maximum atomic E-state index is 10.2. The van der Waals surface area contributed by atoms with E-state index in [1.54, 1.807) is 6.07 Å². The van der Waals surface area contributed by atoms with Crippen LogP contribution in [0.3, 0.4) is 0 Å². The largest absolute Gasteiger partial charge is 0.302 e. The third kappa shape index (κ3) is 1.30. The van der Waals surface area contributed by atoms with E-state index in [1.165, 1.54) is 11.3 Å². The Morgan fingerprint density at radius 2 is 2.10 bits per heavy atom. The molecule has 0 aliphatic heterocycles. The van der Waals surface area contributed by atoms with Crippen molar-refractivity contribution < 1.29 is 9.59 Å². The first kappa shape index (κ1) is 7.15. The summed E-state index contributed by atoms with van der Waals surface area (Å²) >= 11 is 1.42. The molecular weight excluding hydrogens is 148 g/mol. The molecule has 3 heteroatoms. The molecule has 10 heavy (non-hydrogen) atoms. The van der Waals surface area contributed by atoms with Crippen LogP contribution in [0.25, 0.3) is 0 Å². The van der Waals surface area contributed by atoms with Crippen molar-refractivity contribution >= 4 is 23.9 Å². The highest BCUT2D eigenvalue weighted by Crippen LogP contribution is 2.16. The van der Waals surface area contributed by atoms with Gasteiger partial charge in [0.2, 0.25) is 0 Å². The van der Waals surface area contributed by atoms with Gasteiger partial charge in [-0.25, -0.2) is 0 Å². The second-order valence-electron chi connectivity index (χ2n) is 1.81. The molecule has 0 fully saturated rings. The van der Waals surface area contributed by atoms with E-state index in [-0.39, 0.29) is 0 Å². The van der Waals surface area contributed by atoms with Crippen molar-refractivity contribution in [3.8, 4) is 0 Å². The summed E-state index contributed by atoms with van der Waals surface area (Å²) in [7, 11) is 0. The van der Waals surface area contributed by atoms with Crippen LogP contribution in [0, 0.1) is 0 Å². The number of carbonyl (C=O) groups is 2. The predicted molar refractivity (Wildman–Crippen MR) is 39.2 cm³/mol. The van der Waals surface area contributed by atoms with Crippen LogP contribution in [-0.2, 0) is 9.59 Å². The summed E-state index contributed by atoms with van der Waals surface area (Å²) in [5.41, 5.74) is 0. The summed E-state index contributed by atoms with van der Waals surface area (Å²) in [4.78, 5) is 21.2. The number of aldehydes is 2. The Balaban J connectivity index is 2.82. The summed E-state index contributed by atoms with van der Waals surface area (Å²) in [5, 5.41) is 1.84. The number of carbonyl (C=O) groups excluding carboxylic acids is 2. The molecule has 0 aliphatic rings. The fourth-order valence-corrected chi connectivity index (χ4v) is 1.39. The van der Waals surface area contributed by atoms with Gasteiger partial charge in [0, 0.05) is 4.88 Å². The molecule has 0 unspecified atom stereocenters. The van der Waals surface area contributed by atoms with Crippen molar-refractivity contribution in [1.29, 1.82) is 0 Å². The lowest BCUT2D eigenvalue weighted by Crippen LogP contribution is -1.97. The second-order valence-corrected chi connectivity index (χ2v) is 2.79. The maximum Gasteiger partial charge on any atom is 0.135 e. The molecule has 0 spiro atoms. The smallest absolute Gasteiger partial charge is 0.135 e. The predicted octanol–water partition coefficient (Wildman–Crippen LogP) is 1.23. The summed E-state index contributed by atoms with van der Waals surface area (Å²) < 4.78 is 0. The number of thiophene rings is 1. The normalized spacial score (nSPS) is 9.70. The van der Waals surface area contributed by atoms with Crippen molar-refractivity contribution in [2.75, 3.05) is 0 Å². The van der Waals surface area contributed by atoms with Gasteiger partial charge in [0.05, 0.1) is 0 Å². The van der Waals surface area contributed by atoms with Crippen LogP contribution in [0.5, 0.6) is 0 Å². The third-order valence-corrected chi connectivity index (χ3v) is 2.14. The van der Waals surface area contributed by atoms with Crippen LogP contribution in [-0.4, -0.2) is 12.6 Å². The fourth-order valence-electron chi connectivity index (χ4n) is 0.647. The zero-order chi connectivity index (χ0) is 7.40. The molecule has 0 atom stereocenters. The molecule has 0 radical (unpaired) electrons. The van der Waals surface area contributed by atoms with E-state index >= 15 is 0 Å². The van der Waals surface area contributed by atoms with Crippen LogP contribution in [0.4, 0.5) is 0 Å². The molecule has 0 bridgehead atoms. The number of rotatable bonds is 3. The van der Waals surface area contributed by atoms with Crippen molar-refractivity contribution in [2.45, 2.75) is 5.92 Å². The van der Waals surface area contributed by atoms with E-state index in [4.69, 9.17) is 0 Å². The topological polar surface area (TPSA) is 34.1 Å². The van der Waals surface area contributed by atoms with Gasteiger partial charge in [-0.3, -0.25) is 0 Å². The van der Waals surface area contributed by atoms with Crippen LogP contribution in [0.2, 0.25) is 0 Å². The van der Waals surface area contributed by atoms with E-state index in [0.29, 0.717) is 12.6 Å². The van der Waals surface area contributed by atoms with Gasteiger partial charge >= 0.3 is 0 Å². The highest BCUT2D eigenvalue weighted by atomic mass is 32.1. The molecule has 0 aliphatic carbocycles. The molecule has 2 nitrogen and oxygen atoms in total. The first-order valence-corrected chi connectivity index (χ1v) is 3.70. The summed E-state index contributed by atoms with van der Waals surface area (Å²) in [6.07, 6.45) is 1.30. The highest BCUT2D eigenvalue weighted by Gasteiger charge is 2.07. The first-order chi connectivity index (χ1) is 4.88. The van der Waals surface area contributed by atoms with Crippen LogP contribution < -0.4 is 0 Å². The van der Waals surface area contributed by atoms with Crippen LogP contribution >= 0.6 is 11.3 Å². The Hall–Kier alpha value is -0.960. The summed E-state index contributed by atoms with van der Waals surface area (Å²) in [6.45, 7) is 0. The Morgan fingerprint density at radius 1 is 1.40 bits per heavy atom. The van der Waals surface area contributed by atoms with Gasteiger partial charge in [0.1, 0.15) is 18.5 Å². The number of hydrogen-bond acceptors (Lipinski definition) is 3. The molecule has 0 aromatic carbocycles. The first-order valence-electron chi connectivity index (χ1n) is 2.82. The van der Waals surface area contributed by atoms with Gasteiger partial charge in [0.15, 0.2) is 0 Å². The van der Waals surface area contributed by atoms with E-state index in [9.17, 15) is 9.59 Å². The Bertz CT molecular complexity index is 208. The van der Waals surface area contributed by atoms with E-state index in [1.807, 2.05) is 11.4 Å². The lowest BCUT2D eigenvalue weighted by Gasteiger charge is -1.93. The van der Waals surface area contributed by atoms with Gasteiger partial charge in [-0.1, -0.05) is 6.07 Å². The van der Waals surface area contributed by atoms with E-state index in [0.717, 1.165) is 4.88 Å². The standard InChI is InChI=1S/C7H6O2S/c8-4-6(5-9)7-2-1-3-10-7/h1-6H. The average molecular weight is 154 g/mol. The van der Waals surface area contributed by atoms with Gasteiger partial charge in [-0.15, -0.1) is 11.3 Å². The molecule has 52 valence electrons. The summed E-state index contributed by atoms with van der Waals surface area (Å²) in [6, 6.07) is 3.60. The molecule has 1 heterocycles. The SMILES string of the molecule is O=CC(C=O)c1cccs1. The molecule has 1 aromatic rings. The molecule has 0 N–H and O–H groups in total. The minimum atomic E-state index is -0.556. The van der Waals surface area contributed by atoms with Gasteiger partial charge in [-0.2, -0.15) is 0 Å². The van der Waals surface area contributed by atoms with Crippen molar-refractivity contribution in [2.24, 2.45) is 0 Å². The minimum Gasteiger partial charge on any atom is -0.302 e. The molecule has 1 aromatic heterocycles. The zero-order valence-corrected chi connectivity index (χ0v) is 6.01. The van der Waals surface area contributed by atoms with Crippen molar-refractivity contribution in [1.82, 2.24) is 0 Å². The lowest BCUT2D eigenvalue weighted by molar-refractivity contribution is -0.116. The number of hydrogen-bond donors (Lipinski definition) is 0. The maximum absolute atomic E-state index is 10.2. The van der Waals surface area contributed by atoms with Crippen LogP contribution in [0.15, 0.2) is 17.5 Å². The fraction of sp³-hybridized carbons (Fsp3) is 0.143. The van der Waals surface area contributed by atoms with Crippen molar-refractivity contribution in [3.63, 3.8) is 0 Å². The highest BCUT2D eigenvalue weighted by molar-refractivity contribution is 7.10. The Morgan fingerprint density at radius 3 is 2.50 bits per heavy atom. The van der Waals surface area contributed by atoms with Crippen LogP contribution in [0.1, 0.15) is 10.8 Å². The molecule has 0 saturated carbocycles. The molecular formula is C7H6O2S. The quantitative estimate of drug-likeness (QED) is 0.484. The monoisotopic (exact) mass is 154 g/mol. The third-order valence-electron chi connectivity index (χ3n) is 1.16. The van der Waals surface area contributed by atoms with Gasteiger partial charge in [-0.05, 0) is 11.4 Å². The summed E-state index contributed by atoms with van der Waals surface area (Å²) in [5.74, 6) is -0.556. The lowest BCUT2D eigenvalue weighted by atomic mass is 10.2. The Kier molecular flexibility index (Phi) is 2.34. The second kappa shape index (κ2) is 3.27. The minimum absolute atomic E-state index is 0.556. The van der Waals surface area contributed by atoms with Crippen molar-refractivity contribution in [3.05, 3.63) is 22.4 Å². The Labute approximate surface area is 62.5 Å². The molecule has 0 amide bonds. The van der Waals surface area contributed by atoms with Gasteiger partial charge in [0.25, 0.3) is 0 Å². The molecule has 1 rings (SSSR count).